The molecule has 0 unspecified atom stereocenters. The van der Waals surface area contributed by atoms with Gasteiger partial charge in [0.1, 0.15) is 12.0 Å². The number of rotatable bonds is 14. The zero-order valence-corrected chi connectivity index (χ0v) is 27.9. The molecule has 0 aliphatic carbocycles. The zero-order chi connectivity index (χ0) is 32.2. The van der Waals surface area contributed by atoms with Crippen LogP contribution in [0.2, 0.25) is 5.02 Å². The van der Waals surface area contributed by atoms with Crippen molar-refractivity contribution >= 4 is 23.6 Å². The lowest BCUT2D eigenvalue weighted by atomic mass is 9.93. The van der Waals surface area contributed by atoms with Gasteiger partial charge in [0.25, 0.3) is 0 Å². The Hall–Kier alpha value is -3.29. The van der Waals surface area contributed by atoms with Gasteiger partial charge in [-0.05, 0) is 90.3 Å². The Balaban J connectivity index is 0.000000297. The number of hydrogen-bond donors (Lipinski definition) is 1. The molecule has 0 saturated carbocycles. The summed E-state index contributed by atoms with van der Waals surface area (Å²) in [5, 5.41) is 4.08. The summed E-state index contributed by atoms with van der Waals surface area (Å²) in [5.74, 6) is 1.24. The number of nitrogens with zero attached hydrogens (tertiary/aromatic N) is 1. The van der Waals surface area contributed by atoms with Gasteiger partial charge < -0.3 is 24.3 Å². The van der Waals surface area contributed by atoms with Crippen LogP contribution in [0.3, 0.4) is 0 Å². The summed E-state index contributed by atoms with van der Waals surface area (Å²) in [7, 11) is 1.96. The molecule has 0 amide bonds. The highest BCUT2D eigenvalue weighted by atomic mass is 35.5. The number of nitrogens with one attached hydrogen (secondary N) is 1. The van der Waals surface area contributed by atoms with Gasteiger partial charge in [-0.1, -0.05) is 70.2 Å². The van der Waals surface area contributed by atoms with Crippen molar-refractivity contribution in [1.29, 1.82) is 0 Å². The number of hydrogen-bond acceptors (Lipinski definition) is 6. The van der Waals surface area contributed by atoms with E-state index in [0.717, 1.165) is 60.5 Å². The Kier molecular flexibility index (Phi) is 13.4. The Labute approximate surface area is 273 Å². The molecule has 0 spiro atoms. The number of halogens is 2. The van der Waals surface area contributed by atoms with Crippen molar-refractivity contribution in [2.75, 3.05) is 38.9 Å². The Bertz CT molecular complexity index is 1360. The Morgan fingerprint density at radius 3 is 2.33 bits per heavy atom. The van der Waals surface area contributed by atoms with Crippen LogP contribution in [-0.2, 0) is 17.6 Å². The number of benzene rings is 3. The predicted octanol–water partition coefficient (Wildman–Crippen LogP) is 9.14. The van der Waals surface area contributed by atoms with Crippen molar-refractivity contribution < 1.29 is 23.4 Å². The topological polar surface area (TPSA) is 60.0 Å². The second-order valence-electron chi connectivity index (χ2n) is 11.7. The largest absolute Gasteiger partial charge is 0.494 e. The summed E-state index contributed by atoms with van der Waals surface area (Å²) >= 11 is 6.01. The van der Waals surface area contributed by atoms with Crippen LogP contribution < -0.4 is 19.5 Å². The zero-order valence-electron chi connectivity index (χ0n) is 27.2. The van der Waals surface area contributed by atoms with Crippen molar-refractivity contribution in [3.8, 4) is 17.2 Å². The molecule has 2 aliphatic heterocycles. The summed E-state index contributed by atoms with van der Waals surface area (Å²) in [5.41, 5.74) is 5.87. The smallest absolute Gasteiger partial charge is 0.231 e. The molecule has 2 heterocycles. The molecular formula is C37H48ClFN2O4. The van der Waals surface area contributed by atoms with E-state index in [1.54, 1.807) is 0 Å². The maximum Gasteiger partial charge on any atom is 0.231 e. The summed E-state index contributed by atoms with van der Waals surface area (Å²) in [6.45, 7) is 8.34. The fourth-order valence-corrected chi connectivity index (χ4v) is 6.56. The summed E-state index contributed by atoms with van der Waals surface area (Å²) in [4.78, 5) is 13.5. The van der Waals surface area contributed by atoms with E-state index in [1.165, 1.54) is 48.6 Å². The number of ether oxygens (including phenoxy) is 3. The highest BCUT2D eigenvalue weighted by molar-refractivity contribution is 6.30. The quantitative estimate of drug-likeness (QED) is 0.140. The molecule has 2 atom stereocenters. The van der Waals surface area contributed by atoms with Crippen LogP contribution in [0, 0.1) is 5.82 Å². The van der Waals surface area contributed by atoms with Crippen molar-refractivity contribution in [2.45, 2.75) is 84.1 Å². The van der Waals surface area contributed by atoms with Gasteiger partial charge in [-0.2, -0.15) is 0 Å². The van der Waals surface area contributed by atoms with Gasteiger partial charge in [0.2, 0.25) is 12.5 Å². The highest BCUT2D eigenvalue weighted by Gasteiger charge is 2.35. The van der Waals surface area contributed by atoms with E-state index in [0.29, 0.717) is 18.8 Å². The van der Waals surface area contributed by atoms with Gasteiger partial charge in [0, 0.05) is 30.3 Å². The van der Waals surface area contributed by atoms with E-state index in [2.05, 4.69) is 43.1 Å². The van der Waals surface area contributed by atoms with E-state index in [-0.39, 0.29) is 24.5 Å². The first-order chi connectivity index (χ1) is 21.9. The van der Waals surface area contributed by atoms with Crippen LogP contribution in [0.4, 0.5) is 10.1 Å². The first kappa shape index (κ1) is 34.6. The third-order valence-corrected chi connectivity index (χ3v) is 8.91. The first-order valence-corrected chi connectivity index (χ1v) is 16.8. The van der Waals surface area contributed by atoms with E-state index >= 15 is 0 Å². The van der Waals surface area contributed by atoms with E-state index in [4.69, 9.17) is 25.8 Å². The molecule has 244 valence electrons. The van der Waals surface area contributed by atoms with Gasteiger partial charge in [0.05, 0.1) is 13.2 Å². The molecule has 1 saturated heterocycles. The summed E-state index contributed by atoms with van der Waals surface area (Å²) in [6.07, 6.45) is 9.86. The van der Waals surface area contributed by atoms with Crippen LogP contribution in [-0.4, -0.2) is 44.7 Å². The van der Waals surface area contributed by atoms with Crippen molar-refractivity contribution in [3.05, 3.63) is 81.6 Å². The minimum Gasteiger partial charge on any atom is -0.494 e. The SMILES string of the molecule is CCCCCCCOc1ccc([C@H]2C[C@@H](c3cc(F)c4c(c3)OCO4)CN2CC=O)cc1.CCc1cc(Cl)cc(CC)c1NC. The minimum atomic E-state index is -0.392. The molecule has 5 rings (SSSR count). The predicted molar refractivity (Wildman–Crippen MR) is 181 cm³/mol. The lowest BCUT2D eigenvalue weighted by molar-refractivity contribution is -0.109. The molecule has 6 nitrogen and oxygen atoms in total. The summed E-state index contributed by atoms with van der Waals surface area (Å²) in [6, 6.07) is 15.8. The van der Waals surface area contributed by atoms with Crippen molar-refractivity contribution in [3.63, 3.8) is 0 Å². The van der Waals surface area contributed by atoms with E-state index in [1.807, 2.05) is 37.4 Å². The van der Waals surface area contributed by atoms with Crippen molar-refractivity contribution in [2.24, 2.45) is 0 Å². The molecule has 1 N–H and O–H groups in total. The molecule has 0 radical (unpaired) electrons. The van der Waals surface area contributed by atoms with Crippen LogP contribution in [0.15, 0.2) is 48.5 Å². The van der Waals surface area contributed by atoms with Gasteiger partial charge in [0.15, 0.2) is 11.6 Å². The monoisotopic (exact) mass is 638 g/mol. The van der Waals surface area contributed by atoms with Crippen LogP contribution >= 0.6 is 11.6 Å². The molecule has 1 fully saturated rings. The number of aldehydes is 1. The number of anilines is 1. The number of carbonyl (C=O) groups excluding carboxylic acids is 1. The molecule has 0 aromatic heterocycles. The van der Waals surface area contributed by atoms with Gasteiger partial charge in [-0.3, -0.25) is 4.90 Å². The van der Waals surface area contributed by atoms with E-state index < -0.39 is 5.82 Å². The Morgan fingerprint density at radius 2 is 1.69 bits per heavy atom. The standard InChI is InChI=1S/C26H32FNO4.C11H16ClN/c1-2-3-4-5-6-13-30-22-9-7-19(8-10-22)24-15-21(17-28(24)11-12-29)20-14-23(27)26-25(16-20)31-18-32-26;1-4-8-6-10(12)7-9(5-2)11(8)13-3/h7-10,12,14,16,21,24H,2-6,11,13,15,17-18H2,1H3;6-7,13H,4-5H2,1-3H3/t21-,24-;/m1./s1. The second kappa shape index (κ2) is 17.4. The third-order valence-electron chi connectivity index (χ3n) is 8.69. The number of unbranched alkanes of at least 4 members (excludes halogenated alkanes) is 4. The lowest BCUT2D eigenvalue weighted by Gasteiger charge is -2.22. The average Bonchev–Trinajstić information content (AvgIpc) is 3.71. The fraction of sp³-hybridized carbons (Fsp3) is 0.486. The molecule has 2 aliphatic rings. The first-order valence-electron chi connectivity index (χ1n) is 16.4. The van der Waals surface area contributed by atoms with Gasteiger partial charge in [-0.15, -0.1) is 0 Å². The molecular weight excluding hydrogens is 591 g/mol. The second-order valence-corrected chi connectivity index (χ2v) is 12.1. The minimum absolute atomic E-state index is 0.0490. The van der Waals surface area contributed by atoms with Gasteiger partial charge >= 0.3 is 0 Å². The number of likely N-dealkylation sites (tertiary alicyclic amines) is 1. The maximum atomic E-state index is 14.4. The molecule has 45 heavy (non-hydrogen) atoms. The van der Waals surface area contributed by atoms with Crippen LogP contribution in [0.1, 0.15) is 93.5 Å². The van der Waals surface area contributed by atoms with E-state index in [9.17, 15) is 9.18 Å². The average molecular weight is 639 g/mol. The third kappa shape index (κ3) is 9.14. The number of carbonyl (C=O) groups is 1. The molecule has 0 bridgehead atoms. The van der Waals surface area contributed by atoms with Crippen molar-refractivity contribution in [1.82, 2.24) is 4.90 Å². The van der Waals surface area contributed by atoms with Gasteiger partial charge in [-0.25, -0.2) is 4.39 Å². The lowest BCUT2D eigenvalue weighted by Crippen LogP contribution is -2.25. The number of aryl methyl sites for hydroxylation is 2. The van der Waals surface area contributed by atoms with Crippen LogP contribution in [0.5, 0.6) is 17.2 Å². The highest BCUT2D eigenvalue weighted by Crippen LogP contribution is 2.44. The molecule has 3 aromatic carbocycles. The molecule has 3 aromatic rings. The maximum absolute atomic E-state index is 14.4. The Morgan fingerprint density at radius 1 is 0.978 bits per heavy atom. The number of fused-ring (bicyclic) bond motifs is 1. The molecule has 8 heteroatoms. The fourth-order valence-electron chi connectivity index (χ4n) is 6.30. The normalized spacial score (nSPS) is 17.1. The van der Waals surface area contributed by atoms with Crippen LogP contribution in [0.25, 0.3) is 0 Å². The summed E-state index contributed by atoms with van der Waals surface area (Å²) < 4.78 is 30.9.